The number of allylic oxidation sites excluding steroid dienone is 2. The Labute approximate surface area is 168 Å². The zero-order valence-corrected chi connectivity index (χ0v) is 16.9. The van der Waals surface area contributed by atoms with Gasteiger partial charge >= 0.3 is 0 Å². The molecule has 4 heteroatoms. The van der Waals surface area contributed by atoms with Crippen LogP contribution in [0.2, 0.25) is 0 Å². The van der Waals surface area contributed by atoms with Crippen LogP contribution in [0.1, 0.15) is 56.1 Å². The van der Waals surface area contributed by atoms with E-state index in [9.17, 15) is 9.50 Å². The summed E-state index contributed by atoms with van der Waals surface area (Å²) in [6.07, 6.45) is 7.11. The van der Waals surface area contributed by atoms with Crippen molar-refractivity contribution >= 4 is 0 Å². The molecule has 1 heterocycles. The number of hydrogen-bond acceptors (Lipinski definition) is 3. The molecule has 1 N–H and O–H groups in total. The summed E-state index contributed by atoms with van der Waals surface area (Å²) in [4.78, 5) is 2.16. The number of hydrogen-bond donors (Lipinski definition) is 1. The van der Waals surface area contributed by atoms with Crippen LogP contribution in [0.15, 0.2) is 66.1 Å². The summed E-state index contributed by atoms with van der Waals surface area (Å²) in [7, 11) is 0. The fraction of sp³-hybridized carbons (Fsp3) is 0.417. The van der Waals surface area contributed by atoms with Crippen molar-refractivity contribution in [2.75, 3.05) is 6.54 Å². The molecule has 1 aromatic heterocycles. The van der Waals surface area contributed by atoms with E-state index in [1.54, 1.807) is 18.2 Å². The van der Waals surface area contributed by atoms with E-state index >= 15 is 0 Å². The van der Waals surface area contributed by atoms with Crippen molar-refractivity contribution in [2.45, 2.75) is 57.7 Å². The molecule has 3 nitrogen and oxygen atoms in total. The van der Waals surface area contributed by atoms with Gasteiger partial charge in [0.2, 0.25) is 0 Å². The molecule has 1 aromatic carbocycles. The monoisotopic (exact) mass is 385 g/mol. The van der Waals surface area contributed by atoms with E-state index in [4.69, 9.17) is 4.42 Å². The molecule has 0 fully saturated rings. The van der Waals surface area contributed by atoms with Gasteiger partial charge in [0, 0.05) is 12.1 Å². The molecular weight excluding hydrogens is 353 g/mol. The molecule has 2 rings (SSSR count). The van der Waals surface area contributed by atoms with Crippen molar-refractivity contribution in [3.63, 3.8) is 0 Å². The molecule has 0 saturated carbocycles. The average molecular weight is 386 g/mol. The fourth-order valence-electron chi connectivity index (χ4n) is 3.38. The lowest BCUT2D eigenvalue weighted by Crippen LogP contribution is -2.25. The van der Waals surface area contributed by atoms with Crippen LogP contribution in [0.4, 0.5) is 4.39 Å². The predicted octanol–water partition coefficient (Wildman–Crippen LogP) is 5.95. The van der Waals surface area contributed by atoms with Crippen molar-refractivity contribution in [3.8, 4) is 0 Å². The summed E-state index contributed by atoms with van der Waals surface area (Å²) in [5.74, 6) is 1.16. The fourth-order valence-corrected chi connectivity index (χ4v) is 3.38. The number of halogens is 1. The molecule has 0 unspecified atom stereocenters. The molecular formula is C24H32FNO2. The van der Waals surface area contributed by atoms with E-state index in [-0.39, 0.29) is 5.82 Å². The van der Waals surface area contributed by atoms with Gasteiger partial charge in [0.05, 0.1) is 6.54 Å². The van der Waals surface area contributed by atoms with Crippen molar-refractivity contribution in [1.82, 2.24) is 4.90 Å². The minimum absolute atomic E-state index is 0.188. The highest BCUT2D eigenvalue weighted by Gasteiger charge is 2.31. The highest BCUT2D eigenvalue weighted by atomic mass is 19.1. The Morgan fingerprint density at radius 2 is 1.75 bits per heavy atom. The van der Waals surface area contributed by atoms with E-state index < -0.39 is 5.60 Å². The summed E-state index contributed by atoms with van der Waals surface area (Å²) >= 11 is 0. The third-order valence-electron chi connectivity index (χ3n) is 4.92. The van der Waals surface area contributed by atoms with Crippen molar-refractivity contribution in [1.29, 1.82) is 0 Å². The Balaban J connectivity index is 2.13. The van der Waals surface area contributed by atoms with Crippen molar-refractivity contribution in [3.05, 3.63) is 84.6 Å². The van der Waals surface area contributed by atoms with Gasteiger partial charge in [-0.25, -0.2) is 4.39 Å². The SMILES string of the molecule is C=CCCC(O)(CCC=C)c1ccc(CN(CCC)Cc2ccccc2F)o1. The zero-order chi connectivity index (χ0) is 20.4. The van der Waals surface area contributed by atoms with Gasteiger partial charge in [-0.05, 0) is 56.8 Å². The first kappa shape index (κ1) is 22.1. The topological polar surface area (TPSA) is 36.6 Å². The lowest BCUT2D eigenvalue weighted by Gasteiger charge is -2.25. The predicted molar refractivity (Wildman–Crippen MR) is 112 cm³/mol. The minimum atomic E-state index is -1.03. The molecule has 0 spiro atoms. The Morgan fingerprint density at radius 3 is 2.36 bits per heavy atom. The molecule has 0 saturated heterocycles. The smallest absolute Gasteiger partial charge is 0.135 e. The standard InChI is InChI=1S/C24H32FNO2/c1-4-7-15-24(27,16-8-5-2)23-14-13-21(28-23)19-26(17-6-3)18-20-11-9-10-12-22(20)25/h4-5,9-14,27H,1-2,6-8,15-19H2,3H3. The minimum Gasteiger partial charge on any atom is -0.462 e. The first-order chi connectivity index (χ1) is 13.5. The third kappa shape index (κ3) is 6.18. The van der Waals surface area contributed by atoms with Crippen LogP contribution in [0, 0.1) is 5.82 Å². The van der Waals surface area contributed by atoms with Gasteiger partial charge in [0.25, 0.3) is 0 Å². The Kier molecular flexibility index (Phi) is 8.68. The Hall–Kier alpha value is -2.17. The maximum atomic E-state index is 14.0. The van der Waals surface area contributed by atoms with Gasteiger partial charge in [-0.15, -0.1) is 13.2 Å². The largest absolute Gasteiger partial charge is 0.462 e. The second-order valence-electron chi connectivity index (χ2n) is 7.25. The van der Waals surface area contributed by atoms with Crippen LogP contribution in [0.3, 0.4) is 0 Å². The first-order valence-corrected chi connectivity index (χ1v) is 10.0. The van der Waals surface area contributed by atoms with Crippen LogP contribution in [-0.4, -0.2) is 16.6 Å². The highest BCUT2D eigenvalue weighted by Crippen LogP contribution is 2.33. The molecule has 0 amide bonds. The van der Waals surface area contributed by atoms with Crippen molar-refractivity contribution in [2.24, 2.45) is 0 Å². The van der Waals surface area contributed by atoms with E-state index in [2.05, 4.69) is 25.0 Å². The molecule has 0 atom stereocenters. The molecule has 152 valence electrons. The molecule has 0 aliphatic heterocycles. The maximum absolute atomic E-state index is 14.0. The van der Waals surface area contributed by atoms with E-state index in [1.165, 1.54) is 6.07 Å². The van der Waals surface area contributed by atoms with Crippen molar-refractivity contribution < 1.29 is 13.9 Å². The molecule has 2 aromatic rings. The van der Waals surface area contributed by atoms with E-state index in [0.717, 1.165) is 18.7 Å². The van der Waals surface area contributed by atoms with Gasteiger partial charge < -0.3 is 9.52 Å². The summed E-state index contributed by atoms with van der Waals surface area (Å²) in [5.41, 5.74) is -0.349. The van der Waals surface area contributed by atoms with Gasteiger partial charge in [0.1, 0.15) is 22.9 Å². The van der Waals surface area contributed by atoms with Gasteiger partial charge in [-0.2, -0.15) is 0 Å². The lowest BCUT2D eigenvalue weighted by molar-refractivity contribution is -0.00214. The molecule has 0 radical (unpaired) electrons. The summed E-state index contributed by atoms with van der Waals surface area (Å²) in [5, 5.41) is 11.1. The number of aliphatic hydroxyl groups is 1. The Morgan fingerprint density at radius 1 is 1.07 bits per heavy atom. The van der Waals surface area contributed by atoms with Crippen LogP contribution < -0.4 is 0 Å². The molecule has 0 aliphatic carbocycles. The summed E-state index contributed by atoms with van der Waals surface area (Å²) in [6, 6.07) is 10.6. The first-order valence-electron chi connectivity index (χ1n) is 10.0. The van der Waals surface area contributed by atoms with Gasteiger partial charge in [0.15, 0.2) is 0 Å². The van der Waals surface area contributed by atoms with E-state index in [1.807, 2.05) is 24.3 Å². The molecule has 0 bridgehead atoms. The van der Waals surface area contributed by atoms with E-state index in [0.29, 0.717) is 50.1 Å². The van der Waals surface area contributed by atoms with Gasteiger partial charge in [-0.3, -0.25) is 4.90 Å². The van der Waals surface area contributed by atoms with Gasteiger partial charge in [-0.1, -0.05) is 37.3 Å². The second kappa shape index (κ2) is 11.0. The lowest BCUT2D eigenvalue weighted by atomic mass is 9.89. The number of benzene rings is 1. The number of rotatable bonds is 13. The van der Waals surface area contributed by atoms with Crippen LogP contribution in [-0.2, 0) is 18.7 Å². The van der Waals surface area contributed by atoms with Crippen LogP contribution in [0.5, 0.6) is 0 Å². The highest BCUT2D eigenvalue weighted by molar-refractivity contribution is 5.18. The summed E-state index contributed by atoms with van der Waals surface area (Å²) in [6.45, 7) is 11.5. The number of nitrogens with zero attached hydrogens (tertiary/aromatic N) is 1. The normalized spacial score (nSPS) is 11.7. The molecule has 28 heavy (non-hydrogen) atoms. The Bertz CT molecular complexity index is 741. The maximum Gasteiger partial charge on any atom is 0.135 e. The van der Waals surface area contributed by atoms with Crippen LogP contribution in [0.25, 0.3) is 0 Å². The second-order valence-corrected chi connectivity index (χ2v) is 7.25. The van der Waals surface area contributed by atoms with Crippen LogP contribution >= 0.6 is 0 Å². The zero-order valence-electron chi connectivity index (χ0n) is 16.9. The quantitative estimate of drug-likeness (QED) is 0.433. The number of furan rings is 1. The molecule has 0 aliphatic rings. The average Bonchev–Trinajstić information content (AvgIpc) is 3.16. The summed E-state index contributed by atoms with van der Waals surface area (Å²) < 4.78 is 20.1. The third-order valence-corrected chi connectivity index (χ3v) is 4.92.